The third-order valence-electron chi connectivity index (χ3n) is 5.01. The van der Waals surface area contributed by atoms with Crippen molar-refractivity contribution in [2.24, 2.45) is 10.9 Å². The molecule has 2 aliphatic rings. The van der Waals surface area contributed by atoms with Crippen LogP contribution in [0.1, 0.15) is 37.7 Å². The predicted octanol–water partition coefficient (Wildman–Crippen LogP) is 3.89. The van der Waals surface area contributed by atoms with Crippen molar-refractivity contribution in [2.45, 2.75) is 44.7 Å². The molecule has 6 heteroatoms. The number of halogens is 2. The molecule has 0 bridgehead atoms. The molecule has 0 radical (unpaired) electrons. The summed E-state index contributed by atoms with van der Waals surface area (Å²) in [5, 5.41) is 7.85. The Kier molecular flexibility index (Phi) is 8.79. The summed E-state index contributed by atoms with van der Waals surface area (Å²) < 4.78 is 0. The van der Waals surface area contributed by atoms with Gasteiger partial charge in [-0.3, -0.25) is 9.89 Å². The predicted molar refractivity (Wildman–Crippen MR) is 117 cm³/mol. The molecule has 1 aliphatic heterocycles. The molecule has 0 aromatic heterocycles. The van der Waals surface area contributed by atoms with Crippen molar-refractivity contribution in [3.8, 4) is 0 Å². The van der Waals surface area contributed by atoms with E-state index in [1.165, 1.54) is 24.8 Å². The van der Waals surface area contributed by atoms with Gasteiger partial charge < -0.3 is 10.6 Å². The van der Waals surface area contributed by atoms with Gasteiger partial charge in [-0.2, -0.15) is 0 Å². The molecule has 1 aliphatic carbocycles. The maximum atomic E-state index is 5.95. The summed E-state index contributed by atoms with van der Waals surface area (Å²) in [5.74, 6) is 1.93. The Morgan fingerprint density at radius 2 is 1.84 bits per heavy atom. The number of benzene rings is 1. The van der Waals surface area contributed by atoms with Crippen molar-refractivity contribution < 1.29 is 0 Å². The number of likely N-dealkylation sites (tertiary alicyclic amines) is 1. The van der Waals surface area contributed by atoms with E-state index in [1.807, 2.05) is 19.2 Å². The Labute approximate surface area is 173 Å². The van der Waals surface area contributed by atoms with Crippen LogP contribution in [0, 0.1) is 5.92 Å². The van der Waals surface area contributed by atoms with E-state index in [4.69, 9.17) is 11.6 Å². The van der Waals surface area contributed by atoms with Gasteiger partial charge in [-0.05, 0) is 42.9 Å². The van der Waals surface area contributed by atoms with E-state index in [-0.39, 0.29) is 24.0 Å². The fraction of sp³-hybridized carbons (Fsp3) is 0.632. The van der Waals surface area contributed by atoms with Crippen LogP contribution in [-0.4, -0.2) is 43.6 Å². The first-order chi connectivity index (χ1) is 11.7. The van der Waals surface area contributed by atoms with Gasteiger partial charge in [0, 0.05) is 44.3 Å². The minimum absolute atomic E-state index is 0. The molecule has 2 N–H and O–H groups in total. The summed E-state index contributed by atoms with van der Waals surface area (Å²) in [6.45, 7) is 4.30. The van der Waals surface area contributed by atoms with E-state index in [9.17, 15) is 0 Å². The van der Waals surface area contributed by atoms with Crippen molar-refractivity contribution in [1.82, 2.24) is 15.5 Å². The largest absolute Gasteiger partial charge is 0.356 e. The van der Waals surface area contributed by atoms with Crippen LogP contribution in [0.5, 0.6) is 0 Å². The second kappa shape index (κ2) is 10.6. The summed E-state index contributed by atoms with van der Waals surface area (Å²) in [5.41, 5.74) is 1.34. The molecule has 4 nitrogen and oxygen atoms in total. The number of hydrogen-bond donors (Lipinski definition) is 2. The first kappa shape index (κ1) is 20.8. The zero-order valence-corrected chi connectivity index (χ0v) is 18.1. The van der Waals surface area contributed by atoms with Crippen molar-refractivity contribution in [1.29, 1.82) is 0 Å². The number of guanidine groups is 1. The second-order valence-corrected chi connectivity index (χ2v) is 7.49. The van der Waals surface area contributed by atoms with Crippen LogP contribution in [0.3, 0.4) is 0 Å². The summed E-state index contributed by atoms with van der Waals surface area (Å²) in [7, 11) is 1.86. The van der Waals surface area contributed by atoms with Crippen molar-refractivity contribution in [3.05, 3.63) is 34.9 Å². The average Bonchev–Trinajstić information content (AvgIpc) is 3.42. The number of nitrogens with zero attached hydrogens (tertiary/aromatic N) is 2. The molecular formula is C19H30ClIN4. The highest BCUT2D eigenvalue weighted by molar-refractivity contribution is 14.0. The van der Waals surface area contributed by atoms with Crippen molar-refractivity contribution in [3.63, 3.8) is 0 Å². The first-order valence-electron chi connectivity index (χ1n) is 9.17. The molecule has 2 fully saturated rings. The SMILES string of the molecule is CN=C(NCCC1CC1)NC1CCN(Cc2ccc(Cl)cc2)CC1.I. The summed E-state index contributed by atoms with van der Waals surface area (Å²) in [6.07, 6.45) is 6.44. The van der Waals surface area contributed by atoms with Crippen LogP contribution in [0.2, 0.25) is 5.02 Å². The van der Waals surface area contributed by atoms with Crippen LogP contribution in [0.15, 0.2) is 29.3 Å². The third kappa shape index (κ3) is 7.31. The lowest BCUT2D eigenvalue weighted by atomic mass is 10.0. The number of nitrogens with one attached hydrogen (secondary N) is 2. The Hall–Kier alpha value is -0.530. The fourth-order valence-corrected chi connectivity index (χ4v) is 3.40. The minimum atomic E-state index is 0. The quantitative estimate of drug-likeness (QED) is 0.372. The molecule has 0 spiro atoms. The molecule has 0 amide bonds. The van der Waals surface area contributed by atoms with E-state index in [1.54, 1.807) is 0 Å². The lowest BCUT2D eigenvalue weighted by molar-refractivity contribution is 0.198. The third-order valence-corrected chi connectivity index (χ3v) is 5.27. The van der Waals surface area contributed by atoms with Crippen LogP contribution >= 0.6 is 35.6 Å². The lowest BCUT2D eigenvalue weighted by Crippen LogP contribution is -2.48. The number of aliphatic imine (C=N–C) groups is 1. The molecule has 3 rings (SSSR count). The summed E-state index contributed by atoms with van der Waals surface area (Å²) >= 11 is 5.95. The van der Waals surface area contributed by atoms with Gasteiger partial charge in [0.2, 0.25) is 0 Å². The first-order valence-corrected chi connectivity index (χ1v) is 9.54. The van der Waals surface area contributed by atoms with Crippen molar-refractivity contribution in [2.75, 3.05) is 26.7 Å². The standard InChI is InChI=1S/C19H29ClN4.HI/c1-21-19(22-11-8-15-2-3-15)23-18-9-12-24(13-10-18)14-16-4-6-17(20)7-5-16;/h4-7,15,18H,2-3,8-14H2,1H3,(H2,21,22,23);1H. The number of piperidine rings is 1. The molecule has 1 aromatic carbocycles. The number of rotatable bonds is 6. The Morgan fingerprint density at radius 1 is 1.16 bits per heavy atom. The molecule has 25 heavy (non-hydrogen) atoms. The normalized spacial score (nSPS) is 19.4. The monoisotopic (exact) mass is 476 g/mol. The molecule has 1 saturated heterocycles. The zero-order valence-electron chi connectivity index (χ0n) is 15.0. The smallest absolute Gasteiger partial charge is 0.191 e. The molecule has 0 atom stereocenters. The maximum Gasteiger partial charge on any atom is 0.191 e. The van der Waals surface area contributed by atoms with Crippen LogP contribution < -0.4 is 10.6 Å². The molecule has 1 aromatic rings. The van der Waals surface area contributed by atoms with E-state index in [2.05, 4.69) is 32.7 Å². The highest BCUT2D eigenvalue weighted by Gasteiger charge is 2.22. The van der Waals surface area contributed by atoms with Gasteiger partial charge in [-0.15, -0.1) is 24.0 Å². The van der Waals surface area contributed by atoms with Gasteiger partial charge in [0.25, 0.3) is 0 Å². The summed E-state index contributed by atoms with van der Waals surface area (Å²) in [4.78, 5) is 6.88. The maximum absolute atomic E-state index is 5.95. The minimum Gasteiger partial charge on any atom is -0.356 e. The Bertz CT molecular complexity index is 537. The molecular weight excluding hydrogens is 447 g/mol. The van der Waals surface area contributed by atoms with E-state index >= 15 is 0 Å². The van der Waals surface area contributed by atoms with Gasteiger partial charge in [0.05, 0.1) is 0 Å². The Balaban J connectivity index is 0.00000225. The van der Waals surface area contributed by atoms with Gasteiger partial charge >= 0.3 is 0 Å². The Morgan fingerprint density at radius 3 is 2.44 bits per heavy atom. The van der Waals surface area contributed by atoms with Crippen LogP contribution in [0.4, 0.5) is 0 Å². The highest BCUT2D eigenvalue weighted by Crippen LogP contribution is 2.31. The van der Waals surface area contributed by atoms with Gasteiger partial charge in [0.1, 0.15) is 0 Å². The fourth-order valence-electron chi connectivity index (χ4n) is 3.27. The zero-order chi connectivity index (χ0) is 16.8. The summed E-state index contributed by atoms with van der Waals surface area (Å²) in [6, 6.07) is 8.72. The number of hydrogen-bond acceptors (Lipinski definition) is 2. The van der Waals surface area contributed by atoms with E-state index in [0.717, 1.165) is 55.9 Å². The van der Waals surface area contributed by atoms with Crippen LogP contribution in [-0.2, 0) is 6.54 Å². The van der Waals surface area contributed by atoms with Gasteiger partial charge in [0.15, 0.2) is 5.96 Å². The van der Waals surface area contributed by atoms with Crippen LogP contribution in [0.25, 0.3) is 0 Å². The topological polar surface area (TPSA) is 39.7 Å². The van der Waals surface area contributed by atoms with E-state index < -0.39 is 0 Å². The second-order valence-electron chi connectivity index (χ2n) is 7.05. The highest BCUT2D eigenvalue weighted by atomic mass is 127. The molecule has 1 heterocycles. The van der Waals surface area contributed by atoms with E-state index in [0.29, 0.717) is 6.04 Å². The average molecular weight is 477 g/mol. The van der Waals surface area contributed by atoms with Gasteiger partial charge in [-0.25, -0.2) is 0 Å². The lowest BCUT2D eigenvalue weighted by Gasteiger charge is -2.33. The molecule has 0 unspecified atom stereocenters. The molecule has 140 valence electrons. The van der Waals surface area contributed by atoms with Gasteiger partial charge in [-0.1, -0.05) is 36.6 Å². The molecule has 1 saturated carbocycles. The van der Waals surface area contributed by atoms with Crippen molar-refractivity contribution >= 4 is 41.5 Å².